The van der Waals surface area contributed by atoms with Gasteiger partial charge in [0.15, 0.2) is 5.76 Å². The van der Waals surface area contributed by atoms with Gasteiger partial charge in [-0.2, -0.15) is 4.31 Å². The van der Waals surface area contributed by atoms with Crippen molar-refractivity contribution in [1.29, 1.82) is 0 Å². The van der Waals surface area contributed by atoms with E-state index in [0.717, 1.165) is 11.4 Å². The van der Waals surface area contributed by atoms with E-state index in [-0.39, 0.29) is 23.1 Å². The highest BCUT2D eigenvalue weighted by Crippen LogP contribution is 2.28. The van der Waals surface area contributed by atoms with Crippen molar-refractivity contribution in [2.24, 2.45) is 5.92 Å². The van der Waals surface area contributed by atoms with Crippen LogP contribution < -0.4 is 5.32 Å². The number of nitrogens with zero attached hydrogens (tertiary/aromatic N) is 4. The Bertz CT molecular complexity index is 886. The van der Waals surface area contributed by atoms with Crippen molar-refractivity contribution >= 4 is 32.4 Å². The Morgan fingerprint density at radius 2 is 2.15 bits per heavy atom. The lowest BCUT2D eigenvalue weighted by Crippen LogP contribution is -2.43. The minimum atomic E-state index is -3.75. The largest absolute Gasteiger partial charge is 0.360 e. The molecule has 3 rings (SSSR count). The van der Waals surface area contributed by atoms with Gasteiger partial charge < -0.3 is 9.84 Å². The van der Waals surface area contributed by atoms with Crippen LogP contribution in [0.2, 0.25) is 0 Å². The fraction of sp³-hybridized carbons (Fsp3) is 0.600. The Balaban J connectivity index is 1.73. The number of anilines is 1. The highest BCUT2D eigenvalue weighted by Gasteiger charge is 2.36. The second kappa shape index (κ2) is 7.41. The van der Waals surface area contributed by atoms with Crippen LogP contribution in [0, 0.1) is 19.8 Å². The second-order valence-electron chi connectivity index (χ2n) is 6.20. The monoisotopic (exact) mass is 399 g/mol. The number of aryl methyl sites for hydroxylation is 3. The van der Waals surface area contributed by atoms with Crippen molar-refractivity contribution in [1.82, 2.24) is 19.7 Å². The first-order valence-electron chi connectivity index (χ1n) is 8.39. The number of carbonyl (C=O) groups is 1. The van der Waals surface area contributed by atoms with E-state index in [1.165, 1.54) is 15.6 Å². The molecule has 1 atom stereocenters. The first-order chi connectivity index (χ1) is 12.3. The van der Waals surface area contributed by atoms with Crippen LogP contribution in [-0.4, -0.2) is 47.1 Å². The number of nitrogens with one attached hydrogen (secondary N) is 1. The van der Waals surface area contributed by atoms with Crippen molar-refractivity contribution in [2.45, 2.75) is 44.9 Å². The summed E-state index contributed by atoms with van der Waals surface area (Å²) in [4.78, 5) is 12.6. The lowest BCUT2D eigenvalue weighted by atomic mass is 9.99. The van der Waals surface area contributed by atoms with E-state index in [0.29, 0.717) is 30.2 Å². The molecule has 1 amide bonds. The van der Waals surface area contributed by atoms with E-state index in [9.17, 15) is 13.2 Å². The van der Waals surface area contributed by atoms with Crippen LogP contribution in [0.5, 0.6) is 0 Å². The van der Waals surface area contributed by atoms with Crippen molar-refractivity contribution < 1.29 is 17.7 Å². The molecule has 0 saturated carbocycles. The molecule has 0 aliphatic carbocycles. The summed E-state index contributed by atoms with van der Waals surface area (Å²) in [5.74, 6) is -0.412. The van der Waals surface area contributed by atoms with Gasteiger partial charge in [-0.1, -0.05) is 23.4 Å². The van der Waals surface area contributed by atoms with E-state index in [1.807, 2.05) is 6.92 Å². The normalized spacial score (nSPS) is 18.8. The van der Waals surface area contributed by atoms with Crippen LogP contribution in [0.4, 0.5) is 5.13 Å². The number of piperidine rings is 1. The number of carbonyl (C=O) groups excluding carboxylic acids is 1. The van der Waals surface area contributed by atoms with Crippen LogP contribution in [0.15, 0.2) is 9.42 Å². The Hall–Kier alpha value is -1.85. The first kappa shape index (κ1) is 18.9. The molecule has 9 nitrogen and oxygen atoms in total. The number of rotatable bonds is 5. The maximum Gasteiger partial charge on any atom is 0.248 e. The van der Waals surface area contributed by atoms with Crippen LogP contribution in [0.25, 0.3) is 0 Å². The maximum absolute atomic E-state index is 12.9. The molecular formula is C15H21N5O4S2. The van der Waals surface area contributed by atoms with Crippen LogP contribution >= 0.6 is 11.3 Å². The summed E-state index contributed by atoms with van der Waals surface area (Å²) < 4.78 is 32.2. The SMILES string of the molecule is CCc1nnc(NC(=O)[C@@H]2CCCN(S(=O)(=O)c3c(C)noc3C)C2)s1. The third kappa shape index (κ3) is 3.64. The lowest BCUT2D eigenvalue weighted by Gasteiger charge is -2.30. The Kier molecular flexibility index (Phi) is 5.39. The molecule has 26 heavy (non-hydrogen) atoms. The number of sulfonamides is 1. The summed E-state index contributed by atoms with van der Waals surface area (Å²) in [6.45, 7) is 5.62. The zero-order chi connectivity index (χ0) is 18.9. The zero-order valence-corrected chi connectivity index (χ0v) is 16.5. The summed E-state index contributed by atoms with van der Waals surface area (Å²) in [6, 6.07) is 0. The molecule has 0 bridgehead atoms. The van der Waals surface area contributed by atoms with Gasteiger partial charge in [0, 0.05) is 13.1 Å². The third-order valence-corrected chi connectivity index (χ3v) is 7.41. The van der Waals surface area contributed by atoms with Crippen molar-refractivity contribution in [2.75, 3.05) is 18.4 Å². The maximum atomic E-state index is 12.9. The highest BCUT2D eigenvalue weighted by atomic mass is 32.2. The van der Waals surface area contributed by atoms with Gasteiger partial charge in [-0.05, 0) is 33.1 Å². The standard InChI is InChI=1S/C15H21N5O4S2/c1-4-12-17-18-15(25-12)16-14(21)11-6-5-7-20(8-11)26(22,23)13-9(2)19-24-10(13)3/h11H,4-8H2,1-3H3,(H,16,18,21)/t11-/m1/s1. The molecule has 1 aliphatic rings. The van der Waals surface area contributed by atoms with E-state index >= 15 is 0 Å². The van der Waals surface area contributed by atoms with E-state index in [4.69, 9.17) is 4.52 Å². The predicted octanol–water partition coefficient (Wildman–Crippen LogP) is 1.74. The molecular weight excluding hydrogens is 378 g/mol. The Labute approximate surface area is 155 Å². The van der Waals surface area contributed by atoms with Crippen molar-refractivity contribution in [3.8, 4) is 0 Å². The van der Waals surface area contributed by atoms with Gasteiger partial charge in [0.1, 0.15) is 15.6 Å². The molecule has 0 unspecified atom stereocenters. The van der Waals surface area contributed by atoms with Gasteiger partial charge in [0.25, 0.3) is 0 Å². The molecule has 1 fully saturated rings. The average Bonchev–Trinajstić information content (AvgIpc) is 3.21. The molecule has 1 saturated heterocycles. The molecule has 2 aromatic rings. The van der Waals surface area contributed by atoms with Gasteiger partial charge in [0.2, 0.25) is 21.1 Å². The quantitative estimate of drug-likeness (QED) is 0.813. The minimum Gasteiger partial charge on any atom is -0.360 e. The van der Waals surface area contributed by atoms with Crippen LogP contribution in [0.1, 0.15) is 36.2 Å². The molecule has 0 aromatic carbocycles. The fourth-order valence-electron chi connectivity index (χ4n) is 3.00. The summed E-state index contributed by atoms with van der Waals surface area (Å²) in [7, 11) is -3.75. The van der Waals surface area contributed by atoms with Crippen LogP contribution in [0.3, 0.4) is 0 Å². The molecule has 0 spiro atoms. The number of hydrogen-bond donors (Lipinski definition) is 1. The van der Waals surface area contributed by atoms with Gasteiger partial charge in [0.05, 0.1) is 5.92 Å². The number of aromatic nitrogens is 3. The average molecular weight is 399 g/mol. The predicted molar refractivity (Wildman–Crippen MR) is 95.4 cm³/mol. The summed E-state index contributed by atoms with van der Waals surface area (Å²) >= 11 is 1.33. The van der Waals surface area contributed by atoms with Gasteiger partial charge >= 0.3 is 0 Å². The highest BCUT2D eigenvalue weighted by molar-refractivity contribution is 7.89. The fourth-order valence-corrected chi connectivity index (χ4v) is 5.50. The van der Waals surface area contributed by atoms with Crippen LogP contribution in [-0.2, 0) is 21.2 Å². The molecule has 11 heteroatoms. The van der Waals surface area contributed by atoms with E-state index in [2.05, 4.69) is 20.7 Å². The lowest BCUT2D eigenvalue weighted by molar-refractivity contribution is -0.120. The zero-order valence-electron chi connectivity index (χ0n) is 14.9. The van der Waals surface area contributed by atoms with E-state index in [1.54, 1.807) is 13.8 Å². The number of amides is 1. The molecule has 1 N–H and O–H groups in total. The van der Waals surface area contributed by atoms with Gasteiger partial charge in [-0.3, -0.25) is 4.79 Å². The van der Waals surface area contributed by atoms with E-state index < -0.39 is 15.9 Å². The smallest absolute Gasteiger partial charge is 0.248 e. The molecule has 3 heterocycles. The first-order valence-corrected chi connectivity index (χ1v) is 10.6. The second-order valence-corrected chi connectivity index (χ2v) is 9.14. The molecule has 2 aromatic heterocycles. The van der Waals surface area contributed by atoms with Gasteiger partial charge in [-0.25, -0.2) is 8.42 Å². The Morgan fingerprint density at radius 3 is 2.77 bits per heavy atom. The minimum absolute atomic E-state index is 0.0928. The van der Waals surface area contributed by atoms with Gasteiger partial charge in [-0.15, -0.1) is 10.2 Å². The molecule has 1 aliphatic heterocycles. The third-order valence-electron chi connectivity index (χ3n) is 4.32. The summed E-state index contributed by atoms with van der Waals surface area (Å²) in [5.41, 5.74) is 0.329. The number of hydrogen-bond acceptors (Lipinski definition) is 8. The topological polar surface area (TPSA) is 118 Å². The summed E-state index contributed by atoms with van der Waals surface area (Å²) in [6.07, 6.45) is 1.98. The van der Waals surface area contributed by atoms with Crippen molar-refractivity contribution in [3.05, 3.63) is 16.5 Å². The summed E-state index contributed by atoms with van der Waals surface area (Å²) in [5, 5.41) is 15.7. The molecule has 142 valence electrons. The molecule has 0 radical (unpaired) electrons. The van der Waals surface area contributed by atoms with Crippen molar-refractivity contribution in [3.63, 3.8) is 0 Å². The Morgan fingerprint density at radius 1 is 1.38 bits per heavy atom.